The highest BCUT2D eigenvalue weighted by Gasteiger charge is 2.27. The molecule has 1 amide bonds. The predicted octanol–water partition coefficient (Wildman–Crippen LogP) is 0.573. The number of piperidine rings is 1. The van der Waals surface area contributed by atoms with Gasteiger partial charge in [0.1, 0.15) is 0 Å². The van der Waals surface area contributed by atoms with E-state index in [1.54, 1.807) is 4.90 Å². The minimum atomic E-state index is -3.19. The Labute approximate surface area is 104 Å². The van der Waals surface area contributed by atoms with Gasteiger partial charge in [-0.1, -0.05) is 13.8 Å². The molecule has 1 aliphatic rings. The summed E-state index contributed by atoms with van der Waals surface area (Å²) in [5.41, 5.74) is 0. The average molecular weight is 262 g/mol. The van der Waals surface area contributed by atoms with E-state index in [1.807, 2.05) is 13.8 Å². The summed E-state index contributed by atoms with van der Waals surface area (Å²) in [7, 11) is -3.19. The molecule has 0 aromatic carbocycles. The zero-order valence-corrected chi connectivity index (χ0v) is 11.6. The highest BCUT2D eigenvalue weighted by atomic mass is 32.2. The van der Waals surface area contributed by atoms with Crippen LogP contribution in [0.2, 0.25) is 0 Å². The summed E-state index contributed by atoms with van der Waals surface area (Å²) in [6.07, 6.45) is 3.63. The van der Waals surface area contributed by atoms with Crippen LogP contribution in [0.25, 0.3) is 0 Å². The fraction of sp³-hybridized carbons (Fsp3) is 0.909. The fourth-order valence-electron chi connectivity index (χ4n) is 2.06. The van der Waals surface area contributed by atoms with Crippen LogP contribution in [0.15, 0.2) is 0 Å². The molecular weight excluding hydrogens is 240 g/mol. The van der Waals surface area contributed by atoms with Crippen LogP contribution >= 0.6 is 0 Å². The van der Waals surface area contributed by atoms with Gasteiger partial charge in [-0.05, 0) is 19.3 Å². The van der Waals surface area contributed by atoms with E-state index in [9.17, 15) is 13.2 Å². The molecule has 1 N–H and O–H groups in total. The third-order valence-corrected chi connectivity index (χ3v) is 3.91. The molecular formula is C11H22N2O3S. The number of amides is 1. The maximum atomic E-state index is 12.0. The minimum absolute atomic E-state index is 0.0204. The Morgan fingerprint density at radius 1 is 1.53 bits per heavy atom. The lowest BCUT2D eigenvalue weighted by atomic mass is 10.0. The summed E-state index contributed by atoms with van der Waals surface area (Å²) < 4.78 is 24.9. The first kappa shape index (κ1) is 14.4. The van der Waals surface area contributed by atoms with Crippen molar-refractivity contribution in [1.82, 2.24) is 9.62 Å². The van der Waals surface area contributed by atoms with Gasteiger partial charge in [-0.2, -0.15) is 0 Å². The molecule has 1 heterocycles. The van der Waals surface area contributed by atoms with Gasteiger partial charge < -0.3 is 4.90 Å². The lowest BCUT2D eigenvalue weighted by molar-refractivity contribution is -0.136. The molecule has 0 aromatic heterocycles. The molecule has 0 aromatic rings. The van der Waals surface area contributed by atoms with E-state index in [1.165, 1.54) is 0 Å². The van der Waals surface area contributed by atoms with E-state index in [4.69, 9.17) is 0 Å². The second-order valence-electron chi connectivity index (χ2n) is 4.82. The first-order valence-corrected chi connectivity index (χ1v) is 7.98. The molecule has 2 atom stereocenters. The standard InChI is InChI=1S/C11H22N2O3S/c1-4-9(2)11(14)13-7-5-6-10(8-13)12-17(3,15)16/h9-10,12H,4-8H2,1-3H3/t9-,10-/m1/s1. The van der Waals surface area contributed by atoms with Crippen molar-refractivity contribution in [3.63, 3.8) is 0 Å². The van der Waals surface area contributed by atoms with Crippen LogP contribution in [0.3, 0.4) is 0 Å². The number of carbonyl (C=O) groups excluding carboxylic acids is 1. The van der Waals surface area contributed by atoms with E-state index in [2.05, 4.69) is 4.72 Å². The topological polar surface area (TPSA) is 66.5 Å². The summed E-state index contributed by atoms with van der Waals surface area (Å²) in [5, 5.41) is 0. The zero-order valence-electron chi connectivity index (χ0n) is 10.8. The molecule has 1 saturated heterocycles. The van der Waals surface area contributed by atoms with Gasteiger partial charge in [0.15, 0.2) is 0 Å². The van der Waals surface area contributed by atoms with Crippen molar-refractivity contribution in [2.45, 2.75) is 39.2 Å². The molecule has 17 heavy (non-hydrogen) atoms. The van der Waals surface area contributed by atoms with Crippen LogP contribution in [-0.4, -0.2) is 44.6 Å². The van der Waals surface area contributed by atoms with Crippen molar-refractivity contribution >= 4 is 15.9 Å². The van der Waals surface area contributed by atoms with E-state index in [0.29, 0.717) is 6.54 Å². The molecule has 0 aliphatic carbocycles. The Balaban J connectivity index is 2.57. The Morgan fingerprint density at radius 3 is 2.71 bits per heavy atom. The van der Waals surface area contributed by atoms with Gasteiger partial charge >= 0.3 is 0 Å². The first-order chi connectivity index (χ1) is 7.83. The summed E-state index contributed by atoms with van der Waals surface area (Å²) in [5.74, 6) is 0.152. The molecule has 6 heteroatoms. The Kier molecular flexibility index (Phi) is 4.94. The molecule has 5 nitrogen and oxygen atoms in total. The molecule has 0 spiro atoms. The number of carbonyl (C=O) groups is 1. The van der Waals surface area contributed by atoms with Crippen molar-refractivity contribution in [3.8, 4) is 0 Å². The van der Waals surface area contributed by atoms with Crippen molar-refractivity contribution in [1.29, 1.82) is 0 Å². The smallest absolute Gasteiger partial charge is 0.225 e. The monoisotopic (exact) mass is 262 g/mol. The molecule has 1 fully saturated rings. The maximum Gasteiger partial charge on any atom is 0.225 e. The Morgan fingerprint density at radius 2 is 2.18 bits per heavy atom. The third kappa shape index (κ3) is 4.63. The number of nitrogens with one attached hydrogen (secondary N) is 1. The van der Waals surface area contributed by atoms with E-state index in [-0.39, 0.29) is 17.9 Å². The van der Waals surface area contributed by atoms with Crippen LogP contribution < -0.4 is 4.72 Å². The fourth-order valence-corrected chi connectivity index (χ4v) is 2.86. The van der Waals surface area contributed by atoms with E-state index in [0.717, 1.165) is 32.1 Å². The van der Waals surface area contributed by atoms with Crippen molar-refractivity contribution in [3.05, 3.63) is 0 Å². The molecule has 0 unspecified atom stereocenters. The summed E-state index contributed by atoms with van der Waals surface area (Å²) in [4.78, 5) is 13.8. The van der Waals surface area contributed by atoms with E-state index < -0.39 is 10.0 Å². The van der Waals surface area contributed by atoms with Gasteiger partial charge in [0.25, 0.3) is 0 Å². The molecule has 1 rings (SSSR count). The van der Waals surface area contributed by atoms with E-state index >= 15 is 0 Å². The highest BCUT2D eigenvalue weighted by molar-refractivity contribution is 7.88. The summed E-state index contributed by atoms with van der Waals surface area (Å²) in [6, 6.07) is -0.133. The van der Waals surface area contributed by atoms with Gasteiger partial charge in [0, 0.05) is 25.0 Å². The molecule has 0 saturated carbocycles. The van der Waals surface area contributed by atoms with Crippen molar-refractivity contribution in [2.75, 3.05) is 19.3 Å². The van der Waals surface area contributed by atoms with Crippen LogP contribution in [0.1, 0.15) is 33.1 Å². The lowest BCUT2D eigenvalue weighted by Crippen LogP contribution is -2.50. The Hall–Kier alpha value is -0.620. The maximum absolute atomic E-state index is 12.0. The number of hydrogen-bond donors (Lipinski definition) is 1. The largest absolute Gasteiger partial charge is 0.341 e. The first-order valence-electron chi connectivity index (χ1n) is 6.09. The lowest BCUT2D eigenvalue weighted by Gasteiger charge is -2.34. The average Bonchev–Trinajstić information content (AvgIpc) is 2.25. The second kappa shape index (κ2) is 5.82. The second-order valence-corrected chi connectivity index (χ2v) is 6.60. The van der Waals surface area contributed by atoms with Gasteiger partial charge in [-0.25, -0.2) is 13.1 Å². The zero-order chi connectivity index (χ0) is 13.1. The van der Waals surface area contributed by atoms with Crippen LogP contribution in [-0.2, 0) is 14.8 Å². The van der Waals surface area contributed by atoms with Gasteiger partial charge in [0.2, 0.25) is 15.9 Å². The highest BCUT2D eigenvalue weighted by Crippen LogP contribution is 2.15. The molecule has 0 radical (unpaired) electrons. The van der Waals surface area contributed by atoms with Crippen molar-refractivity contribution in [2.24, 2.45) is 5.92 Å². The number of hydrogen-bond acceptors (Lipinski definition) is 3. The SMILES string of the molecule is CC[C@@H](C)C(=O)N1CCC[C@@H](NS(C)(=O)=O)C1. The van der Waals surface area contributed by atoms with Gasteiger partial charge in [0.05, 0.1) is 6.26 Å². The number of nitrogens with zero attached hydrogens (tertiary/aromatic N) is 1. The van der Waals surface area contributed by atoms with Gasteiger partial charge in [-0.15, -0.1) is 0 Å². The number of likely N-dealkylation sites (tertiary alicyclic amines) is 1. The molecule has 100 valence electrons. The normalized spacial score (nSPS) is 23.5. The predicted molar refractivity (Wildman–Crippen MR) is 67.0 cm³/mol. The summed E-state index contributed by atoms with van der Waals surface area (Å²) >= 11 is 0. The van der Waals surface area contributed by atoms with Crippen LogP contribution in [0, 0.1) is 5.92 Å². The van der Waals surface area contributed by atoms with Crippen LogP contribution in [0.5, 0.6) is 0 Å². The summed E-state index contributed by atoms with van der Waals surface area (Å²) in [6.45, 7) is 5.13. The van der Waals surface area contributed by atoms with Crippen molar-refractivity contribution < 1.29 is 13.2 Å². The number of sulfonamides is 1. The Bertz CT molecular complexity index is 367. The molecule has 0 bridgehead atoms. The minimum Gasteiger partial charge on any atom is -0.341 e. The quantitative estimate of drug-likeness (QED) is 0.805. The van der Waals surface area contributed by atoms with Gasteiger partial charge in [-0.3, -0.25) is 4.79 Å². The third-order valence-electron chi connectivity index (χ3n) is 3.15. The molecule has 1 aliphatic heterocycles. The van der Waals surface area contributed by atoms with Crippen LogP contribution in [0.4, 0.5) is 0 Å². The number of rotatable bonds is 4.